The monoisotopic (exact) mass is 656 g/mol. The minimum absolute atomic E-state index is 0.0217. The summed E-state index contributed by atoms with van der Waals surface area (Å²) in [5.74, 6) is -5.63. The van der Waals surface area contributed by atoms with Crippen LogP contribution in [0.3, 0.4) is 0 Å². The Bertz CT molecular complexity index is 1360. The number of hydrogen-bond acceptors (Lipinski definition) is 9. The first-order valence-corrected chi connectivity index (χ1v) is 15.2. The number of aromatic hydroxyl groups is 1. The molecule has 4 amide bonds. The summed E-state index contributed by atoms with van der Waals surface area (Å²) in [4.78, 5) is 75.5. The molecule has 0 aliphatic rings. The van der Waals surface area contributed by atoms with Gasteiger partial charge in [-0.3, -0.25) is 24.0 Å². The van der Waals surface area contributed by atoms with Gasteiger partial charge in [0.1, 0.15) is 29.9 Å². The summed E-state index contributed by atoms with van der Waals surface area (Å²) in [6, 6.07) is 8.60. The van der Waals surface area contributed by atoms with Crippen molar-refractivity contribution in [2.45, 2.75) is 82.1 Å². The van der Waals surface area contributed by atoms with E-state index in [1.807, 2.05) is 0 Å². The molecule has 0 aromatic heterocycles. The number of amides is 4. The number of carbonyl (C=O) groups is 6. The normalized spacial score (nSPS) is 14.0. The molecule has 47 heavy (non-hydrogen) atoms. The number of hydrogen-bond donors (Lipinski definition) is 9. The van der Waals surface area contributed by atoms with Crippen LogP contribution in [0.25, 0.3) is 0 Å². The predicted molar refractivity (Wildman–Crippen MR) is 171 cm³/mol. The molecule has 256 valence electrons. The maximum Gasteiger partial charge on any atom is 0.326 e. The average molecular weight is 657 g/mol. The Morgan fingerprint density at radius 1 is 0.681 bits per heavy atom. The van der Waals surface area contributed by atoms with Gasteiger partial charge in [0.05, 0.1) is 6.04 Å². The van der Waals surface area contributed by atoms with E-state index in [2.05, 4.69) is 21.3 Å². The molecule has 5 atom stereocenters. The molecule has 15 heteroatoms. The predicted octanol–water partition coefficient (Wildman–Crippen LogP) is -0.458. The van der Waals surface area contributed by atoms with Crippen molar-refractivity contribution < 1.29 is 44.1 Å². The van der Waals surface area contributed by atoms with Gasteiger partial charge in [-0.05, 0) is 68.8 Å². The van der Waals surface area contributed by atoms with Gasteiger partial charge in [0.2, 0.25) is 23.6 Å². The van der Waals surface area contributed by atoms with E-state index in [9.17, 15) is 39.0 Å². The maximum atomic E-state index is 13.3. The van der Waals surface area contributed by atoms with Gasteiger partial charge >= 0.3 is 11.9 Å². The van der Waals surface area contributed by atoms with Gasteiger partial charge in [0.15, 0.2) is 0 Å². The first-order chi connectivity index (χ1) is 22.3. The number of unbranched alkanes of at least 4 members (excludes halogenated alkanes) is 1. The molecule has 0 radical (unpaired) electrons. The number of carboxylic acid groups (broad SMARTS) is 2. The molecule has 2 aromatic carbocycles. The lowest BCUT2D eigenvalue weighted by Crippen LogP contribution is -2.58. The van der Waals surface area contributed by atoms with Gasteiger partial charge in [-0.25, -0.2) is 4.79 Å². The molecular weight excluding hydrogens is 612 g/mol. The number of nitrogens with one attached hydrogen (secondary N) is 4. The van der Waals surface area contributed by atoms with Crippen LogP contribution in [-0.2, 0) is 41.6 Å². The third-order valence-corrected chi connectivity index (χ3v) is 7.24. The Hall–Kier alpha value is -5.02. The highest BCUT2D eigenvalue weighted by molar-refractivity contribution is 5.95. The number of rotatable bonds is 20. The lowest BCUT2D eigenvalue weighted by atomic mass is 10.0. The second-order valence-corrected chi connectivity index (χ2v) is 11.1. The average Bonchev–Trinajstić information content (AvgIpc) is 3.03. The van der Waals surface area contributed by atoms with Crippen molar-refractivity contribution in [3.8, 4) is 5.75 Å². The maximum absolute atomic E-state index is 13.3. The van der Waals surface area contributed by atoms with E-state index in [1.165, 1.54) is 31.2 Å². The van der Waals surface area contributed by atoms with Crippen molar-refractivity contribution in [3.63, 3.8) is 0 Å². The Morgan fingerprint density at radius 3 is 1.85 bits per heavy atom. The van der Waals surface area contributed by atoms with E-state index in [-0.39, 0.29) is 31.4 Å². The van der Waals surface area contributed by atoms with Crippen molar-refractivity contribution in [3.05, 3.63) is 65.7 Å². The number of phenolic OH excluding ortho intramolecular Hbond substituents is 1. The minimum atomic E-state index is -1.34. The quantitative estimate of drug-likeness (QED) is 0.0824. The van der Waals surface area contributed by atoms with Crippen LogP contribution in [0.15, 0.2) is 54.6 Å². The fourth-order valence-electron chi connectivity index (χ4n) is 4.55. The molecule has 0 aliphatic carbocycles. The topological polar surface area (TPSA) is 263 Å². The van der Waals surface area contributed by atoms with Crippen molar-refractivity contribution in [1.29, 1.82) is 0 Å². The van der Waals surface area contributed by atoms with E-state index in [1.54, 1.807) is 30.3 Å². The second kappa shape index (κ2) is 19.5. The number of aliphatic carboxylic acids is 2. The van der Waals surface area contributed by atoms with Gasteiger partial charge < -0.3 is 48.1 Å². The van der Waals surface area contributed by atoms with E-state index in [0.29, 0.717) is 24.9 Å². The van der Waals surface area contributed by atoms with E-state index < -0.39 is 72.2 Å². The number of phenols is 1. The van der Waals surface area contributed by atoms with Crippen LogP contribution in [0.5, 0.6) is 5.75 Å². The van der Waals surface area contributed by atoms with E-state index in [0.717, 1.165) is 5.56 Å². The molecule has 0 bridgehead atoms. The van der Waals surface area contributed by atoms with Gasteiger partial charge in [0.25, 0.3) is 0 Å². The van der Waals surface area contributed by atoms with Crippen molar-refractivity contribution >= 4 is 35.6 Å². The fraction of sp³-hybridized carbons (Fsp3) is 0.438. The smallest absolute Gasteiger partial charge is 0.326 e. The second-order valence-electron chi connectivity index (χ2n) is 11.1. The first-order valence-electron chi connectivity index (χ1n) is 15.2. The fourth-order valence-corrected chi connectivity index (χ4v) is 4.55. The highest BCUT2D eigenvalue weighted by Crippen LogP contribution is 2.12. The highest BCUT2D eigenvalue weighted by Gasteiger charge is 2.30. The molecule has 0 saturated heterocycles. The van der Waals surface area contributed by atoms with Crippen LogP contribution in [0.2, 0.25) is 0 Å². The third kappa shape index (κ3) is 13.9. The molecule has 15 nitrogen and oxygen atoms in total. The third-order valence-electron chi connectivity index (χ3n) is 7.24. The van der Waals surface area contributed by atoms with Crippen LogP contribution in [0, 0.1) is 0 Å². The van der Waals surface area contributed by atoms with Gasteiger partial charge in [-0.2, -0.15) is 0 Å². The van der Waals surface area contributed by atoms with Gasteiger partial charge in [-0.1, -0.05) is 42.5 Å². The number of carboxylic acids is 2. The number of benzene rings is 2. The Morgan fingerprint density at radius 2 is 1.26 bits per heavy atom. The summed E-state index contributed by atoms with van der Waals surface area (Å²) in [5, 5.41) is 38.3. The lowest BCUT2D eigenvalue weighted by Gasteiger charge is -2.25. The standard InChI is InChI=1S/C32H44N6O9/c1-19(35-30(44)24(14-15-27(40)41)36-29(43)23(34)17-20-7-3-2-4-8-20)28(42)38-26(18-21-10-12-22(39)13-11-21)31(45)37-25(32(46)47)9-5-6-16-33/h2-4,7-8,10-13,19,23-26,39H,5-6,9,14-18,33-34H2,1H3,(H,35,44)(H,36,43)(H,37,45)(H,38,42)(H,40,41)(H,46,47)/t19-,23-,24-,25-,26-/m0/s1. The van der Waals surface area contributed by atoms with Crippen LogP contribution < -0.4 is 32.7 Å². The summed E-state index contributed by atoms with van der Waals surface area (Å²) in [6.45, 7) is 1.68. The minimum Gasteiger partial charge on any atom is -0.508 e. The molecule has 0 fully saturated rings. The molecule has 0 spiro atoms. The molecule has 0 heterocycles. The summed E-state index contributed by atoms with van der Waals surface area (Å²) in [7, 11) is 0. The largest absolute Gasteiger partial charge is 0.508 e. The molecule has 2 aromatic rings. The summed E-state index contributed by atoms with van der Waals surface area (Å²) in [6.07, 6.45) is 0.454. The molecule has 0 unspecified atom stereocenters. The van der Waals surface area contributed by atoms with Crippen LogP contribution >= 0.6 is 0 Å². The number of carbonyl (C=O) groups excluding carboxylic acids is 4. The first kappa shape index (κ1) is 38.2. The Balaban J connectivity index is 2.15. The Labute approximate surface area is 272 Å². The summed E-state index contributed by atoms with van der Waals surface area (Å²) >= 11 is 0. The highest BCUT2D eigenvalue weighted by atomic mass is 16.4. The van der Waals surface area contributed by atoms with Crippen molar-refractivity contribution in [2.75, 3.05) is 6.54 Å². The zero-order valence-electron chi connectivity index (χ0n) is 26.2. The van der Waals surface area contributed by atoms with E-state index in [4.69, 9.17) is 16.6 Å². The molecule has 2 rings (SSSR count). The lowest BCUT2D eigenvalue weighted by molar-refractivity contribution is -0.142. The zero-order chi connectivity index (χ0) is 34.9. The summed E-state index contributed by atoms with van der Waals surface area (Å²) < 4.78 is 0. The zero-order valence-corrected chi connectivity index (χ0v) is 26.2. The van der Waals surface area contributed by atoms with Crippen LogP contribution in [0.4, 0.5) is 0 Å². The molecule has 0 saturated carbocycles. The molecule has 0 aliphatic heterocycles. The van der Waals surface area contributed by atoms with Gasteiger partial charge in [-0.15, -0.1) is 0 Å². The molecular formula is C32H44N6O9. The SMILES string of the molecule is C[C@H](NC(=O)[C@H](CCC(=O)O)NC(=O)[C@@H](N)Cc1ccccc1)C(=O)N[C@@H](Cc1ccc(O)cc1)C(=O)N[C@@H](CCCCN)C(=O)O. The summed E-state index contributed by atoms with van der Waals surface area (Å²) in [5.41, 5.74) is 12.8. The molecule has 11 N–H and O–H groups in total. The number of nitrogens with two attached hydrogens (primary N) is 2. The van der Waals surface area contributed by atoms with E-state index >= 15 is 0 Å². The van der Waals surface area contributed by atoms with Crippen LogP contribution in [0.1, 0.15) is 50.2 Å². The Kier molecular flexibility index (Phi) is 15.8. The van der Waals surface area contributed by atoms with Crippen molar-refractivity contribution in [2.24, 2.45) is 11.5 Å². The van der Waals surface area contributed by atoms with Crippen molar-refractivity contribution in [1.82, 2.24) is 21.3 Å². The van der Waals surface area contributed by atoms with Gasteiger partial charge in [0, 0.05) is 12.8 Å². The van der Waals surface area contributed by atoms with Crippen LogP contribution in [-0.4, -0.2) is 87.6 Å².